The van der Waals surface area contributed by atoms with Crippen LogP contribution in [0.2, 0.25) is 0 Å². The maximum absolute atomic E-state index is 11.1. The molecule has 1 aromatic heterocycles. The molecule has 0 fully saturated rings. The molecule has 8 heteroatoms. The number of benzene rings is 1. The van der Waals surface area contributed by atoms with Crippen LogP contribution in [0.1, 0.15) is 42.1 Å². The number of furan rings is 1. The Morgan fingerprint density at radius 1 is 1.17 bits per heavy atom. The van der Waals surface area contributed by atoms with Crippen molar-refractivity contribution >= 4 is 11.9 Å². The third kappa shape index (κ3) is 7.06. The summed E-state index contributed by atoms with van der Waals surface area (Å²) in [5.41, 5.74) is 6.38. The first-order valence-corrected chi connectivity index (χ1v) is 9.77. The molecule has 2 rings (SSSR count). The number of carbonyl (C=O) groups is 1. The Kier molecular flexibility index (Phi) is 8.88. The van der Waals surface area contributed by atoms with Crippen LogP contribution in [0.3, 0.4) is 0 Å². The molecule has 1 amide bonds. The van der Waals surface area contributed by atoms with Gasteiger partial charge in [-0.05, 0) is 56.5 Å². The first-order valence-electron chi connectivity index (χ1n) is 9.77. The normalized spacial score (nSPS) is 11.2. The number of aliphatic imine (C=N–C) groups is 1. The molecular weight excluding hydrogens is 372 g/mol. The predicted molar refractivity (Wildman–Crippen MR) is 113 cm³/mol. The van der Waals surface area contributed by atoms with E-state index in [9.17, 15) is 4.79 Å². The van der Waals surface area contributed by atoms with E-state index in [1.165, 1.54) is 5.56 Å². The molecule has 158 valence electrons. The van der Waals surface area contributed by atoms with Gasteiger partial charge in [-0.15, -0.1) is 0 Å². The number of guanidine groups is 1. The molecule has 0 unspecified atom stereocenters. The third-order valence-corrected chi connectivity index (χ3v) is 4.10. The number of aryl methyl sites for hydroxylation is 1. The van der Waals surface area contributed by atoms with Gasteiger partial charge in [0.15, 0.2) is 23.2 Å². The molecule has 0 radical (unpaired) electrons. The number of nitrogens with zero attached hydrogens (tertiary/aromatic N) is 1. The summed E-state index contributed by atoms with van der Waals surface area (Å²) in [7, 11) is 1.64. The summed E-state index contributed by atoms with van der Waals surface area (Å²) in [5, 5.41) is 6.49. The van der Waals surface area contributed by atoms with E-state index in [1.54, 1.807) is 19.2 Å². The van der Waals surface area contributed by atoms with Crippen molar-refractivity contribution in [3.05, 3.63) is 47.4 Å². The van der Waals surface area contributed by atoms with Gasteiger partial charge in [-0.1, -0.05) is 6.07 Å². The number of ether oxygens (including phenoxy) is 2. The molecule has 0 atom stereocenters. The summed E-state index contributed by atoms with van der Waals surface area (Å²) in [5.74, 6) is 2.33. The second-order valence-corrected chi connectivity index (χ2v) is 6.27. The lowest BCUT2D eigenvalue weighted by molar-refractivity contribution is 0.0972. The maximum atomic E-state index is 11.1. The summed E-state index contributed by atoms with van der Waals surface area (Å²) in [4.78, 5) is 15.6. The van der Waals surface area contributed by atoms with Crippen LogP contribution in [0.25, 0.3) is 0 Å². The van der Waals surface area contributed by atoms with Gasteiger partial charge in [-0.2, -0.15) is 0 Å². The fourth-order valence-corrected chi connectivity index (χ4v) is 2.74. The number of nitrogens with one attached hydrogen (secondary N) is 2. The van der Waals surface area contributed by atoms with E-state index < -0.39 is 5.91 Å². The lowest BCUT2D eigenvalue weighted by atomic mass is 10.1. The highest BCUT2D eigenvalue weighted by molar-refractivity contribution is 5.89. The van der Waals surface area contributed by atoms with Crippen molar-refractivity contribution in [3.8, 4) is 11.5 Å². The Morgan fingerprint density at radius 3 is 2.66 bits per heavy atom. The summed E-state index contributed by atoms with van der Waals surface area (Å²) >= 11 is 0. The van der Waals surface area contributed by atoms with E-state index in [0.717, 1.165) is 37.4 Å². The molecule has 1 heterocycles. The van der Waals surface area contributed by atoms with E-state index in [2.05, 4.69) is 15.6 Å². The number of nitrogens with two attached hydrogens (primary N) is 1. The van der Waals surface area contributed by atoms with Gasteiger partial charge in [-0.3, -0.25) is 4.79 Å². The molecule has 0 aliphatic rings. The largest absolute Gasteiger partial charge is 0.493 e. The van der Waals surface area contributed by atoms with Crippen LogP contribution in [0.4, 0.5) is 0 Å². The van der Waals surface area contributed by atoms with Crippen LogP contribution in [0.15, 0.2) is 39.7 Å². The lowest BCUT2D eigenvalue weighted by Crippen LogP contribution is -2.37. The number of primary amides is 1. The van der Waals surface area contributed by atoms with Crippen LogP contribution in [-0.4, -0.2) is 38.7 Å². The monoisotopic (exact) mass is 402 g/mol. The topological polar surface area (TPSA) is 111 Å². The van der Waals surface area contributed by atoms with Gasteiger partial charge < -0.3 is 30.3 Å². The fourth-order valence-electron chi connectivity index (χ4n) is 2.74. The molecule has 0 spiro atoms. The second-order valence-electron chi connectivity index (χ2n) is 6.27. The lowest BCUT2D eigenvalue weighted by Gasteiger charge is -2.12. The minimum atomic E-state index is -0.587. The molecule has 0 aliphatic carbocycles. The van der Waals surface area contributed by atoms with Crippen molar-refractivity contribution in [3.63, 3.8) is 0 Å². The van der Waals surface area contributed by atoms with Gasteiger partial charge in [0.25, 0.3) is 5.91 Å². The highest BCUT2D eigenvalue weighted by Gasteiger charge is 2.08. The van der Waals surface area contributed by atoms with Crippen molar-refractivity contribution < 1.29 is 18.7 Å². The first kappa shape index (κ1) is 22.1. The van der Waals surface area contributed by atoms with E-state index in [0.29, 0.717) is 24.9 Å². The number of amides is 1. The number of hydrogen-bond acceptors (Lipinski definition) is 5. The van der Waals surface area contributed by atoms with Crippen LogP contribution in [0, 0.1) is 0 Å². The number of rotatable bonds is 11. The zero-order valence-corrected chi connectivity index (χ0v) is 17.3. The minimum Gasteiger partial charge on any atom is -0.493 e. The van der Waals surface area contributed by atoms with Crippen LogP contribution in [-0.2, 0) is 13.0 Å². The number of carbonyl (C=O) groups excluding carboxylic acids is 1. The van der Waals surface area contributed by atoms with Crippen molar-refractivity contribution in [2.75, 3.05) is 26.8 Å². The molecule has 4 N–H and O–H groups in total. The summed E-state index contributed by atoms with van der Waals surface area (Å²) in [6, 6.07) is 9.26. The van der Waals surface area contributed by atoms with Crippen molar-refractivity contribution in [1.82, 2.24) is 10.6 Å². The fraction of sp³-hybridized carbons (Fsp3) is 0.429. The summed E-state index contributed by atoms with van der Waals surface area (Å²) < 4.78 is 16.3. The van der Waals surface area contributed by atoms with Gasteiger partial charge in [-0.25, -0.2) is 4.99 Å². The van der Waals surface area contributed by atoms with E-state index in [4.69, 9.17) is 19.6 Å². The molecule has 29 heavy (non-hydrogen) atoms. The first-order chi connectivity index (χ1) is 14.1. The minimum absolute atomic E-state index is 0.138. The molecule has 2 aromatic rings. The quantitative estimate of drug-likeness (QED) is 0.302. The zero-order chi connectivity index (χ0) is 21.1. The molecule has 1 aromatic carbocycles. The summed E-state index contributed by atoms with van der Waals surface area (Å²) in [6.07, 6.45) is 1.82. The Hall–Kier alpha value is -3.16. The van der Waals surface area contributed by atoms with E-state index >= 15 is 0 Å². The number of hydrogen-bond donors (Lipinski definition) is 3. The average molecular weight is 402 g/mol. The third-order valence-electron chi connectivity index (χ3n) is 4.10. The van der Waals surface area contributed by atoms with Crippen molar-refractivity contribution in [2.24, 2.45) is 10.7 Å². The molecule has 0 aliphatic heterocycles. The maximum Gasteiger partial charge on any atom is 0.284 e. The van der Waals surface area contributed by atoms with Crippen LogP contribution in [0.5, 0.6) is 11.5 Å². The zero-order valence-electron chi connectivity index (χ0n) is 17.3. The molecule has 0 saturated carbocycles. The Labute approximate surface area is 171 Å². The van der Waals surface area contributed by atoms with Gasteiger partial charge >= 0.3 is 0 Å². The average Bonchev–Trinajstić information content (AvgIpc) is 3.19. The smallest absolute Gasteiger partial charge is 0.284 e. The van der Waals surface area contributed by atoms with E-state index in [1.807, 2.05) is 32.0 Å². The Morgan fingerprint density at radius 2 is 2.00 bits per heavy atom. The standard InChI is InChI=1S/C21H30N4O4/c1-4-23-21(25-14-16-9-11-18(29-16)20(22)26)24-12-6-7-15-8-10-17(27-3)19(13-15)28-5-2/h8-11,13H,4-7,12,14H2,1-3H3,(H2,22,26)(H2,23,24,25). The van der Waals surface area contributed by atoms with Gasteiger partial charge in [0.2, 0.25) is 0 Å². The molecule has 0 bridgehead atoms. The van der Waals surface area contributed by atoms with Gasteiger partial charge in [0.1, 0.15) is 12.3 Å². The SMILES string of the molecule is CCNC(=NCc1ccc(C(N)=O)o1)NCCCc1ccc(OC)c(OCC)c1. The molecule has 8 nitrogen and oxygen atoms in total. The van der Waals surface area contributed by atoms with Crippen molar-refractivity contribution in [1.29, 1.82) is 0 Å². The molecular formula is C21H30N4O4. The highest BCUT2D eigenvalue weighted by atomic mass is 16.5. The second kappa shape index (κ2) is 11.6. The predicted octanol–water partition coefficient (Wildman–Crippen LogP) is 2.47. The Bertz CT molecular complexity index is 817. The number of methoxy groups -OCH3 is 1. The van der Waals surface area contributed by atoms with Gasteiger partial charge in [0, 0.05) is 13.1 Å². The van der Waals surface area contributed by atoms with Crippen LogP contribution < -0.4 is 25.8 Å². The molecule has 0 saturated heterocycles. The highest BCUT2D eigenvalue weighted by Crippen LogP contribution is 2.28. The van der Waals surface area contributed by atoms with Crippen molar-refractivity contribution in [2.45, 2.75) is 33.2 Å². The Balaban J connectivity index is 1.85. The van der Waals surface area contributed by atoms with Gasteiger partial charge in [0.05, 0.1) is 13.7 Å². The van der Waals surface area contributed by atoms with Crippen LogP contribution >= 0.6 is 0 Å². The summed E-state index contributed by atoms with van der Waals surface area (Å²) in [6.45, 7) is 6.37. The van der Waals surface area contributed by atoms with E-state index in [-0.39, 0.29) is 5.76 Å².